The van der Waals surface area contributed by atoms with Gasteiger partial charge in [0.15, 0.2) is 0 Å². The zero-order valence-corrected chi connectivity index (χ0v) is 8.27. The number of nitrogens with zero attached hydrogens (tertiary/aromatic N) is 2. The van der Waals surface area contributed by atoms with Crippen molar-refractivity contribution >= 4 is 18.3 Å². The standard InChI is InChI=1S/C9H14N4O/c1-3-13-14-8(2)6-9(4-5-10)12-7-11/h3-7,11H,10H2,1-2H3/b5-4+,8-6+,11-7?,12-9+,13-3+. The SMILES string of the molecule is C/C=N/O/C(C)=C/C(/C=C/N)=N/C=N. The molecule has 0 bridgehead atoms. The van der Waals surface area contributed by atoms with Gasteiger partial charge in [0, 0.05) is 12.3 Å². The van der Waals surface area contributed by atoms with Gasteiger partial charge in [-0.05, 0) is 26.1 Å². The Kier molecular flexibility index (Phi) is 6.67. The molecule has 0 saturated carbocycles. The molecule has 0 aromatic carbocycles. The van der Waals surface area contributed by atoms with E-state index in [-0.39, 0.29) is 0 Å². The van der Waals surface area contributed by atoms with Crippen molar-refractivity contribution in [3.8, 4) is 0 Å². The topological polar surface area (TPSA) is 83.8 Å². The summed E-state index contributed by atoms with van der Waals surface area (Å²) in [5.74, 6) is 0.571. The smallest absolute Gasteiger partial charge is 0.134 e. The summed E-state index contributed by atoms with van der Waals surface area (Å²) in [5, 5.41) is 10.4. The van der Waals surface area contributed by atoms with Crippen molar-refractivity contribution < 1.29 is 4.84 Å². The average Bonchev–Trinajstić information content (AvgIpc) is 2.15. The number of hydrogen-bond acceptors (Lipinski definition) is 4. The summed E-state index contributed by atoms with van der Waals surface area (Å²) >= 11 is 0. The first kappa shape index (κ1) is 12.1. The van der Waals surface area contributed by atoms with Gasteiger partial charge >= 0.3 is 0 Å². The van der Waals surface area contributed by atoms with Gasteiger partial charge in [-0.25, -0.2) is 4.99 Å². The van der Waals surface area contributed by atoms with Crippen molar-refractivity contribution in [2.45, 2.75) is 13.8 Å². The summed E-state index contributed by atoms with van der Waals surface area (Å²) < 4.78 is 0. The molecule has 0 amide bonds. The molecule has 0 aliphatic carbocycles. The largest absolute Gasteiger partial charge is 0.405 e. The van der Waals surface area contributed by atoms with Crippen LogP contribution in [0.15, 0.2) is 34.3 Å². The Bertz CT molecular complexity index is 289. The maximum atomic E-state index is 6.81. The van der Waals surface area contributed by atoms with Crippen molar-refractivity contribution in [3.63, 3.8) is 0 Å². The number of nitrogens with one attached hydrogen (secondary N) is 1. The Labute approximate surface area is 83.2 Å². The fourth-order valence-electron chi connectivity index (χ4n) is 0.672. The predicted molar refractivity (Wildman–Crippen MR) is 58.6 cm³/mol. The quantitative estimate of drug-likeness (QED) is 0.300. The highest BCUT2D eigenvalue weighted by Gasteiger charge is 1.92. The van der Waals surface area contributed by atoms with Crippen LogP contribution in [-0.4, -0.2) is 18.3 Å². The van der Waals surface area contributed by atoms with E-state index in [9.17, 15) is 0 Å². The molecule has 3 N–H and O–H groups in total. The Hall–Kier alpha value is -1.91. The fourth-order valence-corrected chi connectivity index (χ4v) is 0.672. The zero-order valence-electron chi connectivity index (χ0n) is 8.27. The lowest BCUT2D eigenvalue weighted by Gasteiger charge is -1.96. The minimum atomic E-state index is 0.534. The van der Waals surface area contributed by atoms with Crippen LogP contribution < -0.4 is 5.73 Å². The second kappa shape index (κ2) is 7.72. The number of allylic oxidation sites excluding steroid dienone is 3. The van der Waals surface area contributed by atoms with Crippen molar-refractivity contribution in [1.29, 1.82) is 5.41 Å². The van der Waals surface area contributed by atoms with Gasteiger partial charge in [0.1, 0.15) is 12.1 Å². The van der Waals surface area contributed by atoms with E-state index in [2.05, 4.69) is 10.1 Å². The number of rotatable bonds is 5. The molecule has 0 aromatic heterocycles. The molecule has 5 heteroatoms. The molecule has 0 aliphatic rings. The van der Waals surface area contributed by atoms with Crippen molar-refractivity contribution in [1.82, 2.24) is 0 Å². The molecular weight excluding hydrogens is 180 g/mol. The average molecular weight is 194 g/mol. The highest BCUT2D eigenvalue weighted by Crippen LogP contribution is 1.97. The maximum Gasteiger partial charge on any atom is 0.134 e. The molecule has 0 atom stereocenters. The summed E-state index contributed by atoms with van der Waals surface area (Å²) in [6.07, 6.45) is 7.00. The third-order valence-electron chi connectivity index (χ3n) is 1.13. The minimum absolute atomic E-state index is 0.534. The first-order chi connectivity index (χ1) is 6.74. The normalized spacial score (nSPS) is 13.9. The van der Waals surface area contributed by atoms with E-state index in [1.54, 1.807) is 26.0 Å². The van der Waals surface area contributed by atoms with Crippen LogP contribution in [0.25, 0.3) is 0 Å². The Balaban J connectivity index is 4.54. The molecule has 76 valence electrons. The van der Waals surface area contributed by atoms with Gasteiger partial charge in [-0.2, -0.15) is 0 Å². The van der Waals surface area contributed by atoms with Crippen LogP contribution in [0, 0.1) is 5.41 Å². The minimum Gasteiger partial charge on any atom is -0.405 e. The van der Waals surface area contributed by atoms with E-state index in [4.69, 9.17) is 16.0 Å². The molecule has 0 unspecified atom stereocenters. The van der Waals surface area contributed by atoms with Crippen LogP contribution in [0.1, 0.15) is 13.8 Å². The number of hydrogen-bond donors (Lipinski definition) is 2. The van der Waals surface area contributed by atoms with E-state index in [0.29, 0.717) is 11.5 Å². The van der Waals surface area contributed by atoms with Crippen LogP contribution in [0.3, 0.4) is 0 Å². The monoisotopic (exact) mass is 194 g/mol. The van der Waals surface area contributed by atoms with E-state index in [1.807, 2.05) is 0 Å². The number of aliphatic imine (C=N–C) groups is 1. The first-order valence-corrected chi connectivity index (χ1v) is 4.03. The van der Waals surface area contributed by atoms with Gasteiger partial charge < -0.3 is 10.6 Å². The molecule has 0 aliphatic heterocycles. The highest BCUT2D eigenvalue weighted by molar-refractivity contribution is 6.07. The van der Waals surface area contributed by atoms with E-state index >= 15 is 0 Å². The second-order valence-electron chi connectivity index (χ2n) is 2.25. The van der Waals surface area contributed by atoms with Crippen LogP contribution in [-0.2, 0) is 4.84 Å². The lowest BCUT2D eigenvalue weighted by molar-refractivity contribution is 0.232. The Morgan fingerprint density at radius 2 is 2.21 bits per heavy atom. The zero-order chi connectivity index (χ0) is 10.8. The molecule has 5 nitrogen and oxygen atoms in total. The van der Waals surface area contributed by atoms with Gasteiger partial charge in [0.2, 0.25) is 0 Å². The van der Waals surface area contributed by atoms with Gasteiger partial charge in [-0.15, -0.1) is 0 Å². The number of oxime groups is 1. The van der Waals surface area contributed by atoms with Gasteiger partial charge in [-0.3, -0.25) is 5.41 Å². The molecule has 0 heterocycles. The molecule has 0 fully saturated rings. The molecule has 0 spiro atoms. The van der Waals surface area contributed by atoms with Crippen LogP contribution in [0.5, 0.6) is 0 Å². The van der Waals surface area contributed by atoms with E-state index < -0.39 is 0 Å². The van der Waals surface area contributed by atoms with Gasteiger partial charge in [-0.1, -0.05) is 5.16 Å². The fraction of sp³-hybridized carbons (Fsp3) is 0.222. The summed E-state index contributed by atoms with van der Waals surface area (Å²) in [4.78, 5) is 8.66. The molecule has 0 saturated heterocycles. The number of nitrogens with two attached hydrogens (primary N) is 1. The lowest BCUT2D eigenvalue weighted by atomic mass is 10.3. The van der Waals surface area contributed by atoms with Crippen molar-refractivity contribution in [2.75, 3.05) is 0 Å². The summed E-state index contributed by atoms with van der Waals surface area (Å²) in [5.41, 5.74) is 5.73. The molecular formula is C9H14N4O. The third-order valence-corrected chi connectivity index (χ3v) is 1.13. The highest BCUT2D eigenvalue weighted by atomic mass is 16.6. The maximum absolute atomic E-state index is 6.81. The van der Waals surface area contributed by atoms with Gasteiger partial charge in [0.05, 0.1) is 5.71 Å². The van der Waals surface area contributed by atoms with Gasteiger partial charge in [0.25, 0.3) is 0 Å². The predicted octanol–water partition coefficient (Wildman–Crippen LogP) is 1.43. The van der Waals surface area contributed by atoms with Crippen LogP contribution in [0.4, 0.5) is 0 Å². The molecule has 0 radical (unpaired) electrons. The van der Waals surface area contributed by atoms with Crippen molar-refractivity contribution in [2.24, 2.45) is 15.9 Å². The van der Waals surface area contributed by atoms with Crippen LogP contribution in [0.2, 0.25) is 0 Å². The van der Waals surface area contributed by atoms with Crippen LogP contribution >= 0.6 is 0 Å². The molecule has 14 heavy (non-hydrogen) atoms. The molecule has 0 aromatic rings. The first-order valence-electron chi connectivity index (χ1n) is 4.03. The Morgan fingerprint density at radius 1 is 1.50 bits per heavy atom. The molecule has 0 rings (SSSR count). The van der Waals surface area contributed by atoms with Crippen molar-refractivity contribution in [3.05, 3.63) is 24.1 Å². The Morgan fingerprint density at radius 3 is 2.71 bits per heavy atom. The summed E-state index contributed by atoms with van der Waals surface area (Å²) in [7, 11) is 0. The van der Waals surface area contributed by atoms with E-state index in [1.165, 1.54) is 12.4 Å². The summed E-state index contributed by atoms with van der Waals surface area (Å²) in [6.45, 7) is 3.48. The third kappa shape index (κ3) is 5.70. The van der Waals surface area contributed by atoms with E-state index in [0.717, 1.165) is 6.34 Å². The summed E-state index contributed by atoms with van der Waals surface area (Å²) in [6, 6.07) is 0. The second-order valence-corrected chi connectivity index (χ2v) is 2.25. The lowest BCUT2D eigenvalue weighted by Crippen LogP contribution is -1.93.